The summed E-state index contributed by atoms with van der Waals surface area (Å²) in [6, 6.07) is 10.2. The minimum absolute atomic E-state index is 0.133. The topological polar surface area (TPSA) is 66.5 Å². The van der Waals surface area contributed by atoms with Crippen LogP contribution in [0.4, 0.5) is 4.39 Å². The molecule has 0 aliphatic rings. The quantitative estimate of drug-likeness (QED) is 0.782. The van der Waals surface area contributed by atoms with E-state index in [0.717, 1.165) is 5.56 Å². The molecule has 7 heteroatoms. The Balaban J connectivity index is 2.29. The van der Waals surface area contributed by atoms with E-state index in [0.29, 0.717) is 18.7 Å². The maximum atomic E-state index is 13.0. The highest BCUT2D eigenvalue weighted by Gasteiger charge is 2.25. The van der Waals surface area contributed by atoms with Gasteiger partial charge in [-0.25, -0.2) is 12.8 Å². The van der Waals surface area contributed by atoms with Crippen LogP contribution in [0.3, 0.4) is 0 Å². The lowest BCUT2D eigenvalue weighted by Gasteiger charge is -2.20. The summed E-state index contributed by atoms with van der Waals surface area (Å²) in [6.07, 6.45) is 0. The smallest absolute Gasteiger partial charge is 0.251 e. The molecule has 2 rings (SSSR count). The molecule has 1 unspecified atom stereocenters. The van der Waals surface area contributed by atoms with Gasteiger partial charge < -0.3 is 5.32 Å². The second-order valence-corrected chi connectivity index (χ2v) is 8.22. The first-order chi connectivity index (χ1) is 12.7. The second-order valence-electron chi connectivity index (χ2n) is 6.32. The van der Waals surface area contributed by atoms with Crippen LogP contribution >= 0.6 is 0 Å². The Morgan fingerprint density at radius 1 is 1.11 bits per heavy atom. The van der Waals surface area contributed by atoms with E-state index < -0.39 is 10.0 Å². The van der Waals surface area contributed by atoms with E-state index >= 15 is 0 Å². The van der Waals surface area contributed by atoms with Crippen molar-refractivity contribution in [2.75, 3.05) is 13.1 Å². The molecule has 0 spiro atoms. The van der Waals surface area contributed by atoms with Crippen molar-refractivity contribution in [3.05, 3.63) is 65.0 Å². The molecule has 0 heterocycles. The van der Waals surface area contributed by atoms with Gasteiger partial charge in [0, 0.05) is 18.7 Å². The van der Waals surface area contributed by atoms with E-state index in [1.165, 1.54) is 22.5 Å². The third kappa shape index (κ3) is 4.73. The molecule has 2 aromatic carbocycles. The number of sulfonamides is 1. The number of amides is 1. The van der Waals surface area contributed by atoms with Crippen molar-refractivity contribution in [1.29, 1.82) is 0 Å². The van der Waals surface area contributed by atoms with Gasteiger partial charge in [-0.3, -0.25) is 4.79 Å². The standard InChI is InChI=1S/C20H25FN2O3S/c1-5-23(6-2)27(25,26)19-13-17(8-7-14(19)3)20(24)22-15(4)16-9-11-18(21)12-10-16/h7-13,15H,5-6H2,1-4H3,(H,22,24). The van der Waals surface area contributed by atoms with E-state index in [1.807, 2.05) is 0 Å². The van der Waals surface area contributed by atoms with Gasteiger partial charge in [0.25, 0.3) is 5.91 Å². The molecule has 0 bridgehead atoms. The van der Waals surface area contributed by atoms with Crippen molar-refractivity contribution in [3.8, 4) is 0 Å². The lowest BCUT2D eigenvalue weighted by Crippen LogP contribution is -2.32. The summed E-state index contributed by atoms with van der Waals surface area (Å²) in [7, 11) is -3.66. The molecule has 0 radical (unpaired) electrons. The van der Waals surface area contributed by atoms with Gasteiger partial charge in [-0.1, -0.05) is 32.0 Å². The van der Waals surface area contributed by atoms with Gasteiger partial charge >= 0.3 is 0 Å². The number of rotatable bonds is 7. The average molecular weight is 392 g/mol. The zero-order valence-corrected chi connectivity index (χ0v) is 16.8. The molecule has 0 aliphatic carbocycles. The Kier molecular flexibility index (Phi) is 6.73. The number of nitrogens with one attached hydrogen (secondary N) is 1. The van der Waals surface area contributed by atoms with Crippen molar-refractivity contribution in [1.82, 2.24) is 9.62 Å². The predicted octanol–water partition coefficient (Wildman–Crippen LogP) is 3.66. The number of aryl methyl sites for hydroxylation is 1. The molecular formula is C20H25FN2O3S. The summed E-state index contributed by atoms with van der Waals surface area (Å²) in [6.45, 7) is 7.76. The van der Waals surface area contributed by atoms with Crippen molar-refractivity contribution in [3.63, 3.8) is 0 Å². The van der Waals surface area contributed by atoms with Crippen LogP contribution in [0, 0.1) is 12.7 Å². The first kappa shape index (κ1) is 21.1. The van der Waals surface area contributed by atoms with Crippen LogP contribution < -0.4 is 5.32 Å². The Bertz CT molecular complexity index is 907. The fraction of sp³-hybridized carbons (Fsp3) is 0.350. The molecular weight excluding hydrogens is 367 g/mol. The molecule has 2 aromatic rings. The molecule has 1 amide bonds. The number of carbonyl (C=O) groups is 1. The highest BCUT2D eigenvalue weighted by Crippen LogP contribution is 2.22. The maximum absolute atomic E-state index is 13.0. The van der Waals surface area contributed by atoms with Gasteiger partial charge in [0.05, 0.1) is 10.9 Å². The highest BCUT2D eigenvalue weighted by atomic mass is 32.2. The van der Waals surface area contributed by atoms with Gasteiger partial charge in [-0.2, -0.15) is 4.31 Å². The van der Waals surface area contributed by atoms with Crippen molar-refractivity contribution < 1.29 is 17.6 Å². The maximum Gasteiger partial charge on any atom is 0.251 e. The van der Waals surface area contributed by atoms with Crippen LogP contribution in [0.25, 0.3) is 0 Å². The van der Waals surface area contributed by atoms with Crippen LogP contribution in [0.2, 0.25) is 0 Å². The van der Waals surface area contributed by atoms with E-state index in [1.54, 1.807) is 52.0 Å². The zero-order chi connectivity index (χ0) is 20.2. The van der Waals surface area contributed by atoms with Gasteiger partial charge in [0.15, 0.2) is 0 Å². The van der Waals surface area contributed by atoms with E-state index in [2.05, 4.69) is 5.32 Å². The summed E-state index contributed by atoms with van der Waals surface area (Å²) < 4.78 is 40.1. The van der Waals surface area contributed by atoms with Crippen LogP contribution in [0.1, 0.15) is 48.3 Å². The predicted molar refractivity (Wildman–Crippen MR) is 104 cm³/mol. The molecule has 0 saturated carbocycles. The Morgan fingerprint density at radius 2 is 1.70 bits per heavy atom. The van der Waals surface area contributed by atoms with E-state index in [4.69, 9.17) is 0 Å². The second kappa shape index (κ2) is 8.63. The molecule has 0 saturated heterocycles. The van der Waals surface area contributed by atoms with Crippen LogP contribution in [0.15, 0.2) is 47.4 Å². The Labute approximate surface area is 160 Å². The summed E-state index contributed by atoms with van der Waals surface area (Å²) in [5.41, 5.74) is 1.61. The van der Waals surface area contributed by atoms with E-state index in [9.17, 15) is 17.6 Å². The number of hydrogen-bond acceptors (Lipinski definition) is 3. The fourth-order valence-electron chi connectivity index (χ4n) is 2.84. The SMILES string of the molecule is CCN(CC)S(=O)(=O)c1cc(C(=O)NC(C)c2ccc(F)cc2)ccc1C. The molecule has 0 aliphatic heterocycles. The highest BCUT2D eigenvalue weighted by molar-refractivity contribution is 7.89. The lowest BCUT2D eigenvalue weighted by molar-refractivity contribution is 0.0939. The number of hydrogen-bond donors (Lipinski definition) is 1. The van der Waals surface area contributed by atoms with Crippen LogP contribution in [0.5, 0.6) is 0 Å². The van der Waals surface area contributed by atoms with Crippen molar-refractivity contribution in [2.45, 2.75) is 38.6 Å². The third-order valence-electron chi connectivity index (χ3n) is 4.49. The monoisotopic (exact) mass is 392 g/mol. The molecule has 0 fully saturated rings. The number of benzene rings is 2. The fourth-order valence-corrected chi connectivity index (χ4v) is 4.55. The van der Waals surface area contributed by atoms with E-state index in [-0.39, 0.29) is 28.2 Å². The average Bonchev–Trinajstić information content (AvgIpc) is 2.63. The van der Waals surface area contributed by atoms with Gasteiger partial charge in [0.1, 0.15) is 5.82 Å². The van der Waals surface area contributed by atoms with Gasteiger partial charge in [-0.05, 0) is 49.2 Å². The molecule has 0 aromatic heterocycles. The molecule has 1 N–H and O–H groups in total. The zero-order valence-electron chi connectivity index (χ0n) is 16.0. The Hall–Kier alpha value is -2.25. The minimum atomic E-state index is -3.66. The van der Waals surface area contributed by atoms with Crippen molar-refractivity contribution in [2.24, 2.45) is 0 Å². The van der Waals surface area contributed by atoms with Gasteiger partial charge in [-0.15, -0.1) is 0 Å². The molecule has 146 valence electrons. The van der Waals surface area contributed by atoms with Crippen LogP contribution in [-0.4, -0.2) is 31.7 Å². The summed E-state index contributed by atoms with van der Waals surface area (Å²) in [5.74, 6) is -0.732. The summed E-state index contributed by atoms with van der Waals surface area (Å²) >= 11 is 0. The number of nitrogens with zero attached hydrogens (tertiary/aromatic N) is 1. The van der Waals surface area contributed by atoms with Crippen molar-refractivity contribution >= 4 is 15.9 Å². The minimum Gasteiger partial charge on any atom is -0.346 e. The third-order valence-corrected chi connectivity index (χ3v) is 6.68. The normalized spacial score (nSPS) is 12.8. The first-order valence-corrected chi connectivity index (χ1v) is 10.3. The lowest BCUT2D eigenvalue weighted by atomic mass is 10.1. The number of carbonyl (C=O) groups excluding carboxylic acids is 1. The summed E-state index contributed by atoms with van der Waals surface area (Å²) in [4.78, 5) is 12.7. The molecule has 1 atom stereocenters. The number of halogens is 1. The molecule has 5 nitrogen and oxygen atoms in total. The Morgan fingerprint density at radius 3 is 2.26 bits per heavy atom. The summed E-state index contributed by atoms with van der Waals surface area (Å²) in [5, 5.41) is 2.82. The molecule has 27 heavy (non-hydrogen) atoms. The van der Waals surface area contributed by atoms with Crippen LogP contribution in [-0.2, 0) is 10.0 Å². The largest absolute Gasteiger partial charge is 0.346 e. The van der Waals surface area contributed by atoms with Gasteiger partial charge in [0.2, 0.25) is 10.0 Å². The first-order valence-electron chi connectivity index (χ1n) is 8.87.